The Labute approximate surface area is 361 Å². The van der Waals surface area contributed by atoms with Gasteiger partial charge in [0, 0.05) is 49.5 Å². The Bertz CT molecular complexity index is 2460. The van der Waals surface area contributed by atoms with Gasteiger partial charge in [-0.3, -0.25) is 9.59 Å². The molecule has 0 radical (unpaired) electrons. The van der Waals surface area contributed by atoms with Gasteiger partial charge in [0.15, 0.2) is 11.6 Å². The van der Waals surface area contributed by atoms with Crippen LogP contribution in [-0.4, -0.2) is 103 Å². The van der Waals surface area contributed by atoms with Gasteiger partial charge < -0.3 is 29.6 Å². The summed E-state index contributed by atoms with van der Waals surface area (Å²) in [6, 6.07) is 17.7. The van der Waals surface area contributed by atoms with Crippen molar-refractivity contribution in [1.29, 1.82) is 0 Å². The Morgan fingerprint density at radius 3 is 1.32 bits per heavy atom. The molecule has 18 heteroatoms. The molecule has 0 aliphatic heterocycles. The number of carbonyl (C=O) groups is 4. The number of hydrogen-bond donors (Lipinski definition) is 2. The normalized spacial score (nSPS) is 12.7. The van der Waals surface area contributed by atoms with Crippen LogP contribution in [0.4, 0.5) is 22.7 Å². The standard InChI is InChI=1S/C44H48N4O12S2/c1-7-13-39(49)59-25-23-47(9-3)61(53,54)29-19-21-37(57-5)35(27-29)45-33-17-11-15-31-41(33)43(51)32-16-12-18-34(42(32)44(31)52)46-36-28-30(20-22-38(36)58-6)62(55,56)48(10-4)24-26-60-40(50)14-8-2/h7-8,11-22,27-28,45-46H,9-10,23-26H2,1-6H3/b13-7+,14-8+. The summed E-state index contributed by atoms with van der Waals surface area (Å²) in [7, 11) is -5.40. The summed E-state index contributed by atoms with van der Waals surface area (Å²) in [6.45, 7) is 6.28. The average molecular weight is 889 g/mol. The molecular formula is C44H48N4O12S2. The van der Waals surface area contributed by atoms with Gasteiger partial charge >= 0.3 is 11.9 Å². The minimum atomic E-state index is -4.10. The molecule has 0 unspecified atom stereocenters. The zero-order valence-electron chi connectivity index (χ0n) is 35.1. The maximum Gasteiger partial charge on any atom is 0.330 e. The maximum absolute atomic E-state index is 14.4. The predicted molar refractivity (Wildman–Crippen MR) is 233 cm³/mol. The lowest BCUT2D eigenvalue weighted by Crippen LogP contribution is -2.34. The van der Waals surface area contributed by atoms with Crippen LogP contribution in [0.2, 0.25) is 0 Å². The average Bonchev–Trinajstić information content (AvgIpc) is 3.25. The van der Waals surface area contributed by atoms with E-state index >= 15 is 0 Å². The predicted octanol–water partition coefficient (Wildman–Crippen LogP) is 6.23. The second-order valence-corrected chi connectivity index (χ2v) is 17.3. The zero-order valence-corrected chi connectivity index (χ0v) is 36.7. The molecule has 0 aromatic heterocycles. The van der Waals surface area contributed by atoms with Gasteiger partial charge in [-0.05, 0) is 62.4 Å². The van der Waals surface area contributed by atoms with Crippen molar-refractivity contribution in [3.63, 3.8) is 0 Å². The fourth-order valence-electron chi connectivity index (χ4n) is 6.69. The largest absolute Gasteiger partial charge is 0.495 e. The van der Waals surface area contributed by atoms with Gasteiger partial charge in [-0.1, -0.05) is 50.3 Å². The maximum atomic E-state index is 14.4. The van der Waals surface area contributed by atoms with Gasteiger partial charge in [0.25, 0.3) is 0 Å². The number of esters is 2. The van der Waals surface area contributed by atoms with E-state index < -0.39 is 43.6 Å². The van der Waals surface area contributed by atoms with Crippen LogP contribution in [0.25, 0.3) is 0 Å². The number of benzene rings is 4. The SMILES string of the molecule is C/C=C/C(=O)OCCN(CC)S(=O)(=O)c1ccc(OC)c(Nc2cccc3c2C(=O)c2cccc(Nc4cc(S(=O)(=O)N(CC)CCOC(=O)/C=C/C)ccc4OC)c2C3=O)c1. The topological polar surface area (TPSA) is 204 Å². The molecule has 2 N–H and O–H groups in total. The number of anilines is 4. The number of ketones is 2. The Kier molecular flexibility index (Phi) is 15.4. The minimum absolute atomic E-state index is 0.0392. The van der Waals surface area contributed by atoms with Crippen LogP contribution in [0.5, 0.6) is 11.5 Å². The molecule has 0 fully saturated rings. The van der Waals surface area contributed by atoms with Crippen molar-refractivity contribution in [2.45, 2.75) is 37.5 Å². The number of rotatable bonds is 20. The number of nitrogens with one attached hydrogen (secondary N) is 2. The fraction of sp³-hybridized carbons (Fsp3) is 0.273. The number of fused-ring (bicyclic) bond motifs is 2. The Balaban J connectivity index is 1.45. The van der Waals surface area contributed by atoms with Gasteiger partial charge in [0.05, 0.1) is 57.9 Å². The summed E-state index contributed by atoms with van der Waals surface area (Å²) in [6.07, 6.45) is 5.49. The highest BCUT2D eigenvalue weighted by Gasteiger charge is 2.35. The van der Waals surface area contributed by atoms with Gasteiger partial charge in [-0.2, -0.15) is 8.61 Å². The first kappa shape index (κ1) is 46.7. The van der Waals surface area contributed by atoms with Crippen molar-refractivity contribution in [2.75, 3.05) is 64.2 Å². The molecule has 0 saturated carbocycles. The van der Waals surface area contributed by atoms with Crippen LogP contribution in [0.15, 0.2) is 107 Å². The third kappa shape index (κ3) is 10.1. The van der Waals surface area contributed by atoms with Crippen molar-refractivity contribution in [3.05, 3.63) is 119 Å². The molecule has 0 atom stereocenters. The molecule has 1 aliphatic carbocycles. The number of sulfonamides is 2. The summed E-state index contributed by atoms with van der Waals surface area (Å²) in [5, 5.41) is 6.25. The van der Waals surface area contributed by atoms with Crippen molar-refractivity contribution in [1.82, 2.24) is 8.61 Å². The van der Waals surface area contributed by atoms with Crippen LogP contribution in [0.3, 0.4) is 0 Å². The van der Waals surface area contributed by atoms with E-state index in [1.165, 1.54) is 87.1 Å². The van der Waals surface area contributed by atoms with E-state index in [1.807, 2.05) is 0 Å². The number of methoxy groups -OCH3 is 2. The molecule has 1 aliphatic rings. The third-order valence-corrected chi connectivity index (χ3v) is 13.6. The van der Waals surface area contributed by atoms with Crippen LogP contribution >= 0.6 is 0 Å². The first-order chi connectivity index (χ1) is 29.7. The summed E-state index contributed by atoms with van der Waals surface area (Å²) >= 11 is 0. The lowest BCUT2D eigenvalue weighted by atomic mass is 9.82. The van der Waals surface area contributed by atoms with Crippen molar-refractivity contribution in [3.8, 4) is 11.5 Å². The zero-order chi connectivity index (χ0) is 45.2. The highest BCUT2D eigenvalue weighted by atomic mass is 32.2. The minimum Gasteiger partial charge on any atom is -0.495 e. The van der Waals surface area contributed by atoms with Gasteiger partial charge in [0.2, 0.25) is 20.0 Å². The molecule has 5 rings (SSSR count). The molecule has 16 nitrogen and oxygen atoms in total. The van der Waals surface area contributed by atoms with E-state index in [-0.39, 0.29) is 106 Å². The molecule has 0 spiro atoms. The molecule has 0 heterocycles. The molecule has 0 bridgehead atoms. The lowest BCUT2D eigenvalue weighted by molar-refractivity contribution is -0.138. The molecule has 62 heavy (non-hydrogen) atoms. The van der Waals surface area contributed by atoms with Gasteiger partial charge in [0.1, 0.15) is 24.7 Å². The van der Waals surface area contributed by atoms with E-state index in [0.717, 1.165) is 8.61 Å². The van der Waals surface area contributed by atoms with Gasteiger partial charge in [-0.15, -0.1) is 0 Å². The smallest absolute Gasteiger partial charge is 0.330 e. The second kappa shape index (κ2) is 20.5. The highest BCUT2D eigenvalue weighted by molar-refractivity contribution is 7.89. The Morgan fingerprint density at radius 2 is 0.984 bits per heavy atom. The summed E-state index contributed by atoms with van der Waals surface area (Å²) in [4.78, 5) is 52.2. The summed E-state index contributed by atoms with van der Waals surface area (Å²) < 4.78 is 78.7. The Morgan fingerprint density at radius 1 is 0.597 bits per heavy atom. The number of ether oxygens (including phenoxy) is 4. The van der Waals surface area contributed by atoms with E-state index in [1.54, 1.807) is 52.0 Å². The van der Waals surface area contributed by atoms with E-state index in [9.17, 15) is 36.0 Å². The van der Waals surface area contributed by atoms with E-state index in [0.29, 0.717) is 0 Å². The van der Waals surface area contributed by atoms with E-state index in [4.69, 9.17) is 18.9 Å². The van der Waals surface area contributed by atoms with Crippen molar-refractivity contribution in [2.24, 2.45) is 0 Å². The van der Waals surface area contributed by atoms with Crippen LogP contribution in [-0.2, 0) is 39.1 Å². The number of allylic oxidation sites excluding steroid dienone is 2. The first-order valence-electron chi connectivity index (χ1n) is 19.5. The molecule has 0 amide bonds. The lowest BCUT2D eigenvalue weighted by Gasteiger charge is -2.25. The van der Waals surface area contributed by atoms with Crippen molar-refractivity contribution < 1.29 is 55.0 Å². The molecule has 4 aromatic carbocycles. The number of hydrogen-bond acceptors (Lipinski definition) is 14. The van der Waals surface area contributed by atoms with Crippen LogP contribution < -0.4 is 20.1 Å². The van der Waals surface area contributed by atoms with Gasteiger partial charge in [-0.25, -0.2) is 26.4 Å². The van der Waals surface area contributed by atoms with E-state index in [2.05, 4.69) is 10.6 Å². The number of carbonyl (C=O) groups excluding carboxylic acids is 4. The number of nitrogens with zero attached hydrogens (tertiary/aromatic N) is 2. The quantitative estimate of drug-likeness (QED) is 0.0658. The highest BCUT2D eigenvalue weighted by Crippen LogP contribution is 2.40. The first-order valence-corrected chi connectivity index (χ1v) is 22.4. The molecule has 328 valence electrons. The van der Waals surface area contributed by atoms with Crippen molar-refractivity contribution >= 4 is 66.3 Å². The summed E-state index contributed by atoms with van der Waals surface area (Å²) in [5.74, 6) is -1.71. The van der Waals surface area contributed by atoms with Crippen LogP contribution in [0.1, 0.15) is 59.5 Å². The molecular weight excluding hydrogens is 841 g/mol. The monoisotopic (exact) mass is 888 g/mol. The summed E-state index contributed by atoms with van der Waals surface area (Å²) in [5.41, 5.74) is 0.997. The second-order valence-electron chi connectivity index (χ2n) is 13.4. The molecule has 4 aromatic rings. The Hall–Kier alpha value is -6.34. The fourth-order valence-corrected chi connectivity index (χ4v) is 9.61. The number of likely N-dealkylation sites (N-methyl/N-ethyl adjacent to an activating group) is 2. The van der Waals surface area contributed by atoms with Crippen LogP contribution in [0, 0.1) is 0 Å². The molecule has 0 saturated heterocycles. The third-order valence-electron chi connectivity index (χ3n) is 9.71.